The molecule has 0 aromatic heterocycles. The Morgan fingerprint density at radius 2 is 2.20 bits per heavy atom. The molecule has 1 unspecified atom stereocenters. The highest BCUT2D eigenvalue weighted by atomic mass is 16.6. The summed E-state index contributed by atoms with van der Waals surface area (Å²) in [6.45, 7) is 3.33. The van der Waals surface area contributed by atoms with Crippen LogP contribution in [-0.2, 0) is 4.74 Å². The third-order valence-corrected chi connectivity index (χ3v) is 1.63. The first-order valence-corrected chi connectivity index (χ1v) is 3.09. The second kappa shape index (κ2) is 1.85. The maximum Gasteiger partial charge on any atom is 0.412 e. The number of hydrogen-bond donors (Lipinski definition) is 1. The zero-order valence-electron chi connectivity index (χ0n) is 6.29. The molecule has 10 heavy (non-hydrogen) atoms. The van der Waals surface area contributed by atoms with Gasteiger partial charge in [-0.15, -0.1) is 0 Å². The minimum absolute atomic E-state index is 0.475. The Bertz CT molecular complexity index is 166. The molecule has 0 aromatic carbocycles. The number of carbonyl (C=O) groups excluding carboxylic acids is 1. The van der Waals surface area contributed by atoms with E-state index in [0.717, 1.165) is 0 Å². The molecule has 0 saturated carbocycles. The summed E-state index contributed by atoms with van der Waals surface area (Å²) in [5.74, 6) is 0. The SMILES string of the molecule is CN1C(=O)OC(C)(C)C1O. The van der Waals surface area contributed by atoms with Crippen molar-refractivity contribution in [2.24, 2.45) is 0 Å². The summed E-state index contributed by atoms with van der Waals surface area (Å²) in [4.78, 5) is 11.9. The Balaban J connectivity index is 2.81. The molecule has 1 aliphatic rings. The Kier molecular flexibility index (Phi) is 1.36. The van der Waals surface area contributed by atoms with Crippen LogP contribution in [-0.4, -0.2) is 35.0 Å². The summed E-state index contributed by atoms with van der Waals surface area (Å²) in [7, 11) is 1.50. The lowest BCUT2D eigenvalue weighted by atomic mass is 10.1. The molecule has 0 aromatic rings. The van der Waals surface area contributed by atoms with E-state index in [2.05, 4.69) is 0 Å². The van der Waals surface area contributed by atoms with E-state index in [-0.39, 0.29) is 0 Å². The van der Waals surface area contributed by atoms with Crippen LogP contribution in [0.25, 0.3) is 0 Å². The molecule has 1 aliphatic heterocycles. The second-order valence-electron chi connectivity index (χ2n) is 2.96. The van der Waals surface area contributed by atoms with Crippen LogP contribution in [0.5, 0.6) is 0 Å². The van der Waals surface area contributed by atoms with Gasteiger partial charge in [0.2, 0.25) is 0 Å². The average molecular weight is 145 g/mol. The molecule has 1 amide bonds. The summed E-state index contributed by atoms with van der Waals surface area (Å²) in [5.41, 5.74) is -0.772. The van der Waals surface area contributed by atoms with Crippen molar-refractivity contribution in [3.05, 3.63) is 0 Å². The van der Waals surface area contributed by atoms with Crippen molar-refractivity contribution in [1.29, 1.82) is 0 Å². The van der Waals surface area contributed by atoms with Crippen molar-refractivity contribution in [2.75, 3.05) is 7.05 Å². The number of amides is 1. The zero-order valence-corrected chi connectivity index (χ0v) is 6.29. The normalized spacial score (nSPS) is 30.6. The van der Waals surface area contributed by atoms with Crippen molar-refractivity contribution in [1.82, 2.24) is 4.90 Å². The van der Waals surface area contributed by atoms with E-state index in [9.17, 15) is 9.90 Å². The number of aliphatic hydroxyl groups excluding tert-OH is 1. The molecule has 1 N–H and O–H groups in total. The van der Waals surface area contributed by atoms with Crippen molar-refractivity contribution >= 4 is 6.09 Å². The summed E-state index contributed by atoms with van der Waals surface area (Å²) < 4.78 is 4.81. The predicted molar refractivity (Wildman–Crippen MR) is 34.3 cm³/mol. The van der Waals surface area contributed by atoms with E-state index in [0.29, 0.717) is 0 Å². The van der Waals surface area contributed by atoms with Crippen LogP contribution in [0, 0.1) is 0 Å². The average Bonchev–Trinajstić information content (AvgIpc) is 1.95. The van der Waals surface area contributed by atoms with Crippen LogP contribution in [0.1, 0.15) is 13.8 Å². The van der Waals surface area contributed by atoms with Gasteiger partial charge in [-0.1, -0.05) is 0 Å². The molecule has 0 spiro atoms. The standard InChI is InChI=1S/C6H11NO3/c1-6(2)4(8)7(3)5(9)10-6/h4,8H,1-3H3. The largest absolute Gasteiger partial charge is 0.439 e. The number of nitrogens with zero attached hydrogens (tertiary/aromatic N) is 1. The molecule has 0 aliphatic carbocycles. The number of carbonyl (C=O) groups is 1. The zero-order chi connectivity index (χ0) is 7.94. The fourth-order valence-electron chi connectivity index (χ4n) is 0.916. The van der Waals surface area contributed by atoms with E-state index < -0.39 is 17.9 Å². The maximum atomic E-state index is 10.7. The fourth-order valence-corrected chi connectivity index (χ4v) is 0.916. The number of likely N-dealkylation sites (N-methyl/N-ethyl adjacent to an activating group) is 1. The first-order valence-electron chi connectivity index (χ1n) is 3.09. The van der Waals surface area contributed by atoms with Gasteiger partial charge in [0, 0.05) is 7.05 Å². The van der Waals surface area contributed by atoms with Crippen molar-refractivity contribution in [2.45, 2.75) is 25.7 Å². The highest BCUT2D eigenvalue weighted by Gasteiger charge is 2.44. The summed E-state index contributed by atoms with van der Waals surface area (Å²) in [5, 5.41) is 9.28. The topological polar surface area (TPSA) is 49.8 Å². The van der Waals surface area contributed by atoms with Gasteiger partial charge in [0.1, 0.15) is 0 Å². The van der Waals surface area contributed by atoms with Gasteiger partial charge in [-0.25, -0.2) is 4.79 Å². The van der Waals surface area contributed by atoms with E-state index >= 15 is 0 Å². The van der Waals surface area contributed by atoms with Crippen molar-refractivity contribution in [3.8, 4) is 0 Å². The lowest BCUT2D eigenvalue weighted by Gasteiger charge is -2.20. The third-order valence-electron chi connectivity index (χ3n) is 1.63. The van der Waals surface area contributed by atoms with Gasteiger partial charge in [-0.2, -0.15) is 0 Å². The van der Waals surface area contributed by atoms with Crippen molar-refractivity contribution < 1.29 is 14.6 Å². The maximum absolute atomic E-state index is 10.7. The van der Waals surface area contributed by atoms with E-state index in [1.54, 1.807) is 13.8 Å². The molecule has 1 saturated heterocycles. The van der Waals surface area contributed by atoms with Crippen LogP contribution >= 0.6 is 0 Å². The molecular formula is C6H11NO3. The predicted octanol–water partition coefficient (Wildman–Crippen LogP) is 0.165. The van der Waals surface area contributed by atoms with Crippen LogP contribution in [0.15, 0.2) is 0 Å². The van der Waals surface area contributed by atoms with Crippen LogP contribution < -0.4 is 0 Å². The number of hydrogen-bond acceptors (Lipinski definition) is 3. The second-order valence-corrected chi connectivity index (χ2v) is 2.96. The summed E-state index contributed by atoms with van der Waals surface area (Å²) in [6.07, 6.45) is -1.31. The summed E-state index contributed by atoms with van der Waals surface area (Å²) in [6, 6.07) is 0. The minimum Gasteiger partial charge on any atom is -0.439 e. The Morgan fingerprint density at radius 3 is 2.30 bits per heavy atom. The number of cyclic esters (lactones) is 1. The molecule has 1 heterocycles. The highest BCUT2D eigenvalue weighted by molar-refractivity contribution is 5.70. The number of ether oxygens (including phenoxy) is 1. The van der Waals surface area contributed by atoms with Gasteiger partial charge in [-0.05, 0) is 13.8 Å². The lowest BCUT2D eigenvalue weighted by molar-refractivity contribution is -0.0335. The van der Waals surface area contributed by atoms with Gasteiger partial charge in [-0.3, -0.25) is 4.90 Å². The Labute approximate surface area is 59.4 Å². The molecular weight excluding hydrogens is 134 g/mol. The highest BCUT2D eigenvalue weighted by Crippen LogP contribution is 2.25. The van der Waals surface area contributed by atoms with Crippen molar-refractivity contribution in [3.63, 3.8) is 0 Å². The monoisotopic (exact) mass is 145 g/mol. The first kappa shape index (κ1) is 7.34. The van der Waals surface area contributed by atoms with E-state index in [4.69, 9.17) is 4.74 Å². The Morgan fingerprint density at radius 1 is 1.70 bits per heavy atom. The number of aliphatic hydroxyl groups is 1. The number of rotatable bonds is 0. The van der Waals surface area contributed by atoms with Crippen LogP contribution in [0.2, 0.25) is 0 Å². The van der Waals surface area contributed by atoms with Gasteiger partial charge >= 0.3 is 6.09 Å². The molecule has 1 rings (SSSR count). The van der Waals surface area contributed by atoms with Crippen LogP contribution in [0.3, 0.4) is 0 Å². The first-order chi connectivity index (χ1) is 4.45. The molecule has 4 heteroatoms. The molecule has 0 bridgehead atoms. The minimum atomic E-state index is -0.833. The van der Waals surface area contributed by atoms with Gasteiger partial charge in [0.05, 0.1) is 0 Å². The smallest absolute Gasteiger partial charge is 0.412 e. The van der Waals surface area contributed by atoms with Gasteiger partial charge < -0.3 is 9.84 Å². The third kappa shape index (κ3) is 0.844. The van der Waals surface area contributed by atoms with Crippen LogP contribution in [0.4, 0.5) is 4.79 Å². The van der Waals surface area contributed by atoms with E-state index in [1.807, 2.05) is 0 Å². The lowest BCUT2D eigenvalue weighted by Crippen LogP contribution is -2.39. The molecule has 58 valence electrons. The fraction of sp³-hybridized carbons (Fsp3) is 0.833. The van der Waals surface area contributed by atoms with Gasteiger partial charge in [0.25, 0.3) is 0 Å². The molecule has 1 atom stereocenters. The van der Waals surface area contributed by atoms with E-state index in [1.165, 1.54) is 11.9 Å². The van der Waals surface area contributed by atoms with Gasteiger partial charge in [0.15, 0.2) is 11.8 Å². The molecule has 1 fully saturated rings. The molecule has 0 radical (unpaired) electrons. The summed E-state index contributed by atoms with van der Waals surface area (Å²) >= 11 is 0. The quantitative estimate of drug-likeness (QED) is 0.528. The molecule has 4 nitrogen and oxygen atoms in total. The Hall–Kier alpha value is -0.770.